The summed E-state index contributed by atoms with van der Waals surface area (Å²) in [4.78, 5) is 11.4. The molecular weight excluding hydrogens is 262 g/mol. The molecule has 1 aromatic heterocycles. The SMILES string of the molecule is COC1(CNc2nnc(C)c(C)c2C(=O)O)CCOC1. The minimum Gasteiger partial charge on any atom is -0.478 e. The number of hydrogen-bond acceptors (Lipinski definition) is 6. The molecule has 7 heteroatoms. The summed E-state index contributed by atoms with van der Waals surface area (Å²) in [5, 5.41) is 20.3. The minimum absolute atomic E-state index is 0.155. The van der Waals surface area contributed by atoms with Gasteiger partial charge in [0.25, 0.3) is 0 Å². The zero-order valence-electron chi connectivity index (χ0n) is 11.9. The number of nitrogens with zero attached hydrogens (tertiary/aromatic N) is 2. The van der Waals surface area contributed by atoms with Gasteiger partial charge in [0, 0.05) is 26.7 Å². The molecule has 1 aliphatic heterocycles. The molecule has 0 amide bonds. The third kappa shape index (κ3) is 2.73. The first kappa shape index (κ1) is 14.7. The van der Waals surface area contributed by atoms with E-state index in [1.54, 1.807) is 21.0 Å². The fraction of sp³-hybridized carbons (Fsp3) is 0.615. The predicted molar refractivity (Wildman–Crippen MR) is 72.1 cm³/mol. The maximum atomic E-state index is 11.4. The molecule has 0 radical (unpaired) electrons. The Hall–Kier alpha value is -1.73. The predicted octanol–water partition coefficient (Wildman–Crippen LogP) is 1.01. The Kier molecular flexibility index (Phi) is 4.20. The quantitative estimate of drug-likeness (QED) is 0.831. The number of carbonyl (C=O) groups is 1. The largest absolute Gasteiger partial charge is 0.478 e. The van der Waals surface area contributed by atoms with E-state index in [0.717, 1.165) is 6.42 Å². The summed E-state index contributed by atoms with van der Waals surface area (Å²) in [7, 11) is 1.63. The summed E-state index contributed by atoms with van der Waals surface area (Å²) in [6.07, 6.45) is 0.761. The average molecular weight is 281 g/mol. The summed E-state index contributed by atoms with van der Waals surface area (Å²) < 4.78 is 10.8. The first-order chi connectivity index (χ1) is 9.49. The van der Waals surface area contributed by atoms with Crippen molar-refractivity contribution in [1.29, 1.82) is 0 Å². The molecule has 0 aliphatic carbocycles. The summed E-state index contributed by atoms with van der Waals surface area (Å²) in [5.74, 6) is -0.749. The Bertz CT molecular complexity index is 513. The Morgan fingerprint density at radius 2 is 2.25 bits per heavy atom. The molecule has 2 heterocycles. The number of carboxylic acids is 1. The van der Waals surface area contributed by atoms with Gasteiger partial charge in [-0.1, -0.05) is 0 Å². The average Bonchev–Trinajstić information content (AvgIpc) is 2.89. The van der Waals surface area contributed by atoms with E-state index >= 15 is 0 Å². The molecule has 1 aromatic rings. The number of aromatic nitrogens is 2. The van der Waals surface area contributed by atoms with Crippen molar-refractivity contribution in [2.45, 2.75) is 25.9 Å². The molecule has 2 rings (SSSR count). The lowest BCUT2D eigenvalue weighted by Crippen LogP contribution is -2.40. The lowest BCUT2D eigenvalue weighted by molar-refractivity contribution is -0.00629. The molecule has 0 saturated carbocycles. The maximum Gasteiger partial charge on any atom is 0.339 e. The molecule has 7 nitrogen and oxygen atoms in total. The molecular formula is C13H19N3O4. The van der Waals surface area contributed by atoms with Crippen LogP contribution in [0.4, 0.5) is 5.82 Å². The van der Waals surface area contributed by atoms with Crippen LogP contribution in [0.1, 0.15) is 28.0 Å². The number of ether oxygens (including phenoxy) is 2. The van der Waals surface area contributed by atoms with Crippen LogP contribution in [0.2, 0.25) is 0 Å². The number of anilines is 1. The number of carboxylic acid groups (broad SMARTS) is 1. The molecule has 0 bridgehead atoms. The molecule has 1 unspecified atom stereocenters. The lowest BCUT2D eigenvalue weighted by Gasteiger charge is -2.26. The number of aryl methyl sites for hydroxylation is 1. The van der Waals surface area contributed by atoms with Crippen LogP contribution >= 0.6 is 0 Å². The van der Waals surface area contributed by atoms with Crippen LogP contribution in [0, 0.1) is 13.8 Å². The normalized spacial score (nSPS) is 21.9. The Balaban J connectivity index is 2.21. The van der Waals surface area contributed by atoms with Crippen LogP contribution < -0.4 is 5.32 Å². The van der Waals surface area contributed by atoms with Gasteiger partial charge < -0.3 is 19.9 Å². The highest BCUT2D eigenvalue weighted by atomic mass is 16.5. The second kappa shape index (κ2) is 5.72. The molecule has 0 spiro atoms. The van der Waals surface area contributed by atoms with Crippen molar-refractivity contribution in [3.05, 3.63) is 16.8 Å². The lowest BCUT2D eigenvalue weighted by atomic mass is 10.0. The highest BCUT2D eigenvalue weighted by molar-refractivity contribution is 5.94. The van der Waals surface area contributed by atoms with Crippen molar-refractivity contribution in [2.75, 3.05) is 32.2 Å². The monoisotopic (exact) mass is 281 g/mol. The summed E-state index contributed by atoms with van der Waals surface area (Å²) in [6.45, 7) is 5.02. The van der Waals surface area contributed by atoms with Gasteiger partial charge in [-0.15, -0.1) is 5.10 Å². The van der Waals surface area contributed by atoms with Gasteiger partial charge in [0.1, 0.15) is 11.2 Å². The van der Waals surface area contributed by atoms with Gasteiger partial charge in [-0.05, 0) is 19.4 Å². The van der Waals surface area contributed by atoms with Gasteiger partial charge in [-0.3, -0.25) is 0 Å². The fourth-order valence-corrected chi connectivity index (χ4v) is 2.20. The number of nitrogens with one attached hydrogen (secondary N) is 1. The molecule has 0 aromatic carbocycles. The zero-order valence-corrected chi connectivity index (χ0v) is 11.9. The Labute approximate surface area is 117 Å². The van der Waals surface area contributed by atoms with E-state index in [1.165, 1.54) is 0 Å². The highest BCUT2D eigenvalue weighted by Crippen LogP contribution is 2.24. The number of rotatable bonds is 5. The molecule has 1 fully saturated rings. The van der Waals surface area contributed by atoms with Crippen LogP contribution in [0.25, 0.3) is 0 Å². The van der Waals surface area contributed by atoms with E-state index in [9.17, 15) is 9.90 Å². The minimum atomic E-state index is -1.02. The van der Waals surface area contributed by atoms with Crippen LogP contribution in [-0.2, 0) is 9.47 Å². The molecule has 20 heavy (non-hydrogen) atoms. The van der Waals surface area contributed by atoms with Gasteiger partial charge in [0.15, 0.2) is 5.82 Å². The Morgan fingerprint density at radius 1 is 1.50 bits per heavy atom. The van der Waals surface area contributed by atoms with Crippen molar-refractivity contribution in [3.8, 4) is 0 Å². The van der Waals surface area contributed by atoms with E-state index in [-0.39, 0.29) is 11.4 Å². The van der Waals surface area contributed by atoms with E-state index in [2.05, 4.69) is 15.5 Å². The summed E-state index contributed by atoms with van der Waals surface area (Å²) in [6, 6.07) is 0. The van der Waals surface area contributed by atoms with Crippen LogP contribution in [0.15, 0.2) is 0 Å². The highest BCUT2D eigenvalue weighted by Gasteiger charge is 2.35. The third-order valence-corrected chi connectivity index (χ3v) is 3.75. The third-order valence-electron chi connectivity index (χ3n) is 3.75. The number of aromatic carboxylic acids is 1. The van der Waals surface area contributed by atoms with Crippen molar-refractivity contribution in [1.82, 2.24) is 10.2 Å². The molecule has 1 aliphatic rings. The van der Waals surface area contributed by atoms with Crippen LogP contribution in [0.3, 0.4) is 0 Å². The molecule has 1 saturated heterocycles. The van der Waals surface area contributed by atoms with Crippen molar-refractivity contribution >= 4 is 11.8 Å². The van der Waals surface area contributed by atoms with Crippen LogP contribution in [-0.4, -0.2) is 53.7 Å². The standard InChI is InChI=1S/C13H19N3O4/c1-8-9(2)15-16-11(10(8)12(17)18)14-6-13(19-3)4-5-20-7-13/h4-7H2,1-3H3,(H,14,16)(H,17,18). The van der Waals surface area contributed by atoms with Gasteiger partial charge >= 0.3 is 5.97 Å². The van der Waals surface area contributed by atoms with E-state index in [1.807, 2.05) is 0 Å². The second-order valence-corrected chi connectivity index (χ2v) is 4.98. The topological polar surface area (TPSA) is 93.6 Å². The van der Waals surface area contributed by atoms with Gasteiger partial charge in [0.2, 0.25) is 0 Å². The smallest absolute Gasteiger partial charge is 0.339 e. The van der Waals surface area contributed by atoms with Crippen LogP contribution in [0.5, 0.6) is 0 Å². The van der Waals surface area contributed by atoms with Gasteiger partial charge in [-0.25, -0.2) is 4.79 Å². The summed E-state index contributed by atoms with van der Waals surface area (Å²) in [5.41, 5.74) is 0.946. The maximum absolute atomic E-state index is 11.4. The first-order valence-corrected chi connectivity index (χ1v) is 6.43. The van der Waals surface area contributed by atoms with Crippen molar-refractivity contribution < 1.29 is 19.4 Å². The Morgan fingerprint density at radius 3 is 2.80 bits per heavy atom. The fourth-order valence-electron chi connectivity index (χ4n) is 2.20. The van der Waals surface area contributed by atoms with E-state index in [4.69, 9.17) is 9.47 Å². The molecule has 110 valence electrons. The molecule has 1 atom stereocenters. The van der Waals surface area contributed by atoms with Crippen molar-refractivity contribution in [2.24, 2.45) is 0 Å². The van der Waals surface area contributed by atoms with E-state index < -0.39 is 11.6 Å². The zero-order chi connectivity index (χ0) is 14.8. The molecule has 2 N–H and O–H groups in total. The number of hydrogen-bond donors (Lipinski definition) is 2. The van der Waals surface area contributed by atoms with Gasteiger partial charge in [-0.2, -0.15) is 5.10 Å². The number of methoxy groups -OCH3 is 1. The second-order valence-electron chi connectivity index (χ2n) is 4.98. The van der Waals surface area contributed by atoms with E-state index in [0.29, 0.717) is 31.0 Å². The summed E-state index contributed by atoms with van der Waals surface area (Å²) >= 11 is 0. The van der Waals surface area contributed by atoms with Gasteiger partial charge in [0.05, 0.1) is 12.3 Å². The van der Waals surface area contributed by atoms with Crippen molar-refractivity contribution in [3.63, 3.8) is 0 Å². The first-order valence-electron chi connectivity index (χ1n) is 6.43.